The van der Waals surface area contributed by atoms with Crippen LogP contribution >= 0.6 is 0 Å². The Hall–Kier alpha value is -1.36. The van der Waals surface area contributed by atoms with Gasteiger partial charge in [-0.1, -0.05) is 0 Å². The molecule has 0 saturated heterocycles. The Morgan fingerprint density at radius 1 is 1.30 bits per heavy atom. The number of amides is 1. The van der Waals surface area contributed by atoms with Crippen LogP contribution in [-0.2, 0) is 9.59 Å². The molecule has 1 unspecified atom stereocenters. The van der Waals surface area contributed by atoms with Crippen molar-refractivity contribution < 1.29 is 19.8 Å². The van der Waals surface area contributed by atoms with Gasteiger partial charge in [-0.15, -0.1) is 0 Å². The van der Waals surface area contributed by atoms with Crippen LogP contribution in [0.2, 0.25) is 0 Å². The zero-order chi connectivity index (χ0) is 15.8. The van der Waals surface area contributed by atoms with E-state index in [0.29, 0.717) is 6.42 Å². The molecule has 0 spiro atoms. The van der Waals surface area contributed by atoms with Gasteiger partial charge in [0.1, 0.15) is 0 Å². The number of nitrogens with one attached hydrogen (secondary N) is 1. The Kier molecular flexibility index (Phi) is 8.15. The van der Waals surface area contributed by atoms with Crippen LogP contribution in [0.3, 0.4) is 0 Å². The number of hydrogen-bond donors (Lipinski definition) is 3. The van der Waals surface area contributed by atoms with Gasteiger partial charge in [0, 0.05) is 25.0 Å². The van der Waals surface area contributed by atoms with Gasteiger partial charge in [-0.05, 0) is 47.0 Å². The molecule has 20 heavy (non-hydrogen) atoms. The lowest BCUT2D eigenvalue weighted by atomic mass is 10.00. The number of ketones is 1. The quantitative estimate of drug-likeness (QED) is 0.448. The molecule has 1 atom stereocenters. The molecule has 0 fully saturated rings. The molecule has 0 saturated carbocycles. The van der Waals surface area contributed by atoms with Gasteiger partial charge >= 0.3 is 0 Å². The molecule has 0 aromatic carbocycles. The second-order valence-corrected chi connectivity index (χ2v) is 5.92. The van der Waals surface area contributed by atoms with E-state index in [9.17, 15) is 19.8 Å². The van der Waals surface area contributed by atoms with Gasteiger partial charge in [0.15, 0.2) is 5.78 Å². The van der Waals surface area contributed by atoms with E-state index in [4.69, 9.17) is 0 Å². The summed E-state index contributed by atoms with van der Waals surface area (Å²) in [5.74, 6) is -0.450. The van der Waals surface area contributed by atoms with E-state index in [0.717, 1.165) is 18.9 Å². The van der Waals surface area contributed by atoms with E-state index in [-0.39, 0.29) is 36.3 Å². The lowest BCUT2D eigenvalue weighted by Gasteiger charge is -2.19. The summed E-state index contributed by atoms with van der Waals surface area (Å²) in [5, 5.41) is 21.8. The number of aliphatic hydroxyl groups is 2. The van der Waals surface area contributed by atoms with Gasteiger partial charge in [-0.25, -0.2) is 0 Å². The van der Waals surface area contributed by atoms with Crippen molar-refractivity contribution in [3.05, 3.63) is 11.8 Å². The maximum atomic E-state index is 11.6. The average Bonchev–Trinajstić information content (AvgIpc) is 2.23. The summed E-state index contributed by atoms with van der Waals surface area (Å²) >= 11 is 0. The monoisotopic (exact) mass is 285 g/mol. The Morgan fingerprint density at radius 2 is 1.90 bits per heavy atom. The number of rotatable bonds is 9. The number of aliphatic hydroxyl groups excluding tert-OH is 1. The predicted octanol–water partition coefficient (Wildman–Crippen LogP) is 2.24. The molecule has 5 nitrogen and oxygen atoms in total. The van der Waals surface area contributed by atoms with Crippen molar-refractivity contribution in [2.75, 3.05) is 0 Å². The van der Waals surface area contributed by atoms with Crippen LogP contribution in [0.1, 0.15) is 59.8 Å². The first-order valence-corrected chi connectivity index (χ1v) is 7.02. The topological polar surface area (TPSA) is 86.6 Å². The van der Waals surface area contributed by atoms with Crippen molar-refractivity contribution in [2.24, 2.45) is 0 Å². The fourth-order valence-corrected chi connectivity index (χ4v) is 1.81. The first kappa shape index (κ1) is 18.6. The van der Waals surface area contributed by atoms with Crippen molar-refractivity contribution in [2.45, 2.75) is 71.4 Å². The van der Waals surface area contributed by atoms with Gasteiger partial charge < -0.3 is 15.5 Å². The number of carbonyl (C=O) groups is 2. The predicted molar refractivity (Wildman–Crippen MR) is 78.4 cm³/mol. The Bertz CT molecular complexity index is 355. The lowest BCUT2D eigenvalue weighted by molar-refractivity contribution is -0.122. The van der Waals surface area contributed by atoms with E-state index < -0.39 is 5.60 Å². The van der Waals surface area contributed by atoms with Gasteiger partial charge in [0.2, 0.25) is 5.91 Å². The highest BCUT2D eigenvalue weighted by molar-refractivity contribution is 5.87. The molecule has 0 radical (unpaired) electrons. The van der Waals surface area contributed by atoms with E-state index in [1.165, 1.54) is 6.92 Å². The van der Waals surface area contributed by atoms with Crippen molar-refractivity contribution in [3.8, 4) is 0 Å². The Morgan fingerprint density at radius 3 is 2.40 bits per heavy atom. The smallest absolute Gasteiger partial charge is 0.220 e. The van der Waals surface area contributed by atoms with E-state index in [2.05, 4.69) is 5.32 Å². The average molecular weight is 285 g/mol. The fraction of sp³-hybridized carbons (Fsp3) is 0.733. The standard InChI is InChI=1S/C15H27NO4/c1-11(6-5-9-15(3,4)20)16-14(19)8-7-13(18)10-12(2)17/h10-11,18,20H,5-9H2,1-4H3,(H,16,19). The number of hydrogen-bond acceptors (Lipinski definition) is 4. The summed E-state index contributed by atoms with van der Waals surface area (Å²) in [6.07, 6.45) is 3.77. The van der Waals surface area contributed by atoms with Crippen LogP contribution in [0, 0.1) is 0 Å². The molecule has 0 bridgehead atoms. The van der Waals surface area contributed by atoms with E-state index >= 15 is 0 Å². The first-order valence-electron chi connectivity index (χ1n) is 7.02. The third-order valence-electron chi connectivity index (χ3n) is 2.81. The fourth-order valence-electron chi connectivity index (χ4n) is 1.81. The van der Waals surface area contributed by atoms with Crippen LogP contribution in [0.5, 0.6) is 0 Å². The van der Waals surface area contributed by atoms with Crippen LogP contribution < -0.4 is 5.32 Å². The normalized spacial score (nSPS) is 13.9. The molecule has 5 heteroatoms. The number of allylic oxidation sites excluding steroid dienone is 2. The minimum Gasteiger partial charge on any atom is -0.512 e. The van der Waals surface area contributed by atoms with Gasteiger partial charge in [0.25, 0.3) is 0 Å². The lowest BCUT2D eigenvalue weighted by Crippen LogP contribution is -2.32. The molecule has 0 rings (SSSR count). The summed E-state index contributed by atoms with van der Waals surface area (Å²) < 4.78 is 0. The third kappa shape index (κ3) is 11.7. The zero-order valence-corrected chi connectivity index (χ0v) is 12.9. The summed E-state index contributed by atoms with van der Waals surface area (Å²) in [4.78, 5) is 22.3. The van der Waals surface area contributed by atoms with Gasteiger partial charge in [0.05, 0.1) is 11.4 Å². The minimum atomic E-state index is -0.674. The van der Waals surface area contributed by atoms with Crippen LogP contribution in [-0.4, -0.2) is 33.5 Å². The maximum Gasteiger partial charge on any atom is 0.220 e. The molecule has 1 amide bonds. The first-order chi connectivity index (χ1) is 9.10. The second kappa shape index (κ2) is 8.74. The van der Waals surface area contributed by atoms with Gasteiger partial charge in [-0.3, -0.25) is 9.59 Å². The molecule has 0 heterocycles. The molecule has 0 aliphatic rings. The van der Waals surface area contributed by atoms with Crippen molar-refractivity contribution in [1.29, 1.82) is 0 Å². The van der Waals surface area contributed by atoms with E-state index in [1.807, 2.05) is 6.92 Å². The Balaban J connectivity index is 3.88. The zero-order valence-electron chi connectivity index (χ0n) is 12.9. The van der Waals surface area contributed by atoms with Crippen molar-refractivity contribution >= 4 is 11.7 Å². The highest BCUT2D eigenvalue weighted by atomic mass is 16.3. The molecule has 0 aliphatic heterocycles. The summed E-state index contributed by atoms with van der Waals surface area (Å²) in [6.45, 7) is 6.79. The van der Waals surface area contributed by atoms with Crippen LogP contribution in [0.4, 0.5) is 0 Å². The highest BCUT2D eigenvalue weighted by Crippen LogP contribution is 2.13. The third-order valence-corrected chi connectivity index (χ3v) is 2.81. The van der Waals surface area contributed by atoms with Gasteiger partial charge in [-0.2, -0.15) is 0 Å². The van der Waals surface area contributed by atoms with Crippen molar-refractivity contribution in [1.82, 2.24) is 5.32 Å². The minimum absolute atomic E-state index is 0.0313. The molecule has 116 valence electrons. The second-order valence-electron chi connectivity index (χ2n) is 5.92. The Labute approximate surface area is 121 Å². The van der Waals surface area contributed by atoms with Crippen LogP contribution in [0.15, 0.2) is 11.8 Å². The highest BCUT2D eigenvalue weighted by Gasteiger charge is 2.13. The molecule has 3 N–H and O–H groups in total. The molecule has 0 aliphatic carbocycles. The van der Waals surface area contributed by atoms with E-state index in [1.54, 1.807) is 13.8 Å². The SMILES string of the molecule is CC(=O)C=C(O)CCC(=O)NC(C)CCCC(C)(C)O. The molecule has 0 aromatic rings. The molecular formula is C15H27NO4. The van der Waals surface area contributed by atoms with Crippen LogP contribution in [0.25, 0.3) is 0 Å². The largest absolute Gasteiger partial charge is 0.512 e. The van der Waals surface area contributed by atoms with Crippen molar-refractivity contribution in [3.63, 3.8) is 0 Å². The molecule has 0 aromatic heterocycles. The summed E-state index contributed by atoms with van der Waals surface area (Å²) in [6, 6.07) is 0.0313. The summed E-state index contributed by atoms with van der Waals surface area (Å²) in [7, 11) is 0. The molecular weight excluding hydrogens is 258 g/mol. The maximum absolute atomic E-state index is 11.6. The summed E-state index contributed by atoms with van der Waals surface area (Å²) in [5.41, 5.74) is -0.674. The number of carbonyl (C=O) groups excluding carboxylic acids is 2.